The summed E-state index contributed by atoms with van der Waals surface area (Å²) in [6.45, 7) is 0. The molecular formula is C12H11FN2O. The Hall–Kier alpha value is -2.10. The van der Waals surface area contributed by atoms with Crippen LogP contribution in [0.1, 0.15) is 0 Å². The van der Waals surface area contributed by atoms with Gasteiger partial charge >= 0.3 is 0 Å². The molecule has 0 aliphatic rings. The average molecular weight is 218 g/mol. The first-order valence-electron chi connectivity index (χ1n) is 4.77. The number of hydrogen-bond donors (Lipinski definition) is 1. The molecule has 2 aromatic rings. The van der Waals surface area contributed by atoms with Crippen molar-refractivity contribution in [3.8, 4) is 17.0 Å². The lowest BCUT2D eigenvalue weighted by molar-refractivity contribution is 0.414. The molecule has 1 heterocycles. The first-order valence-corrected chi connectivity index (χ1v) is 4.77. The normalized spacial score (nSPS) is 10.1. The quantitative estimate of drug-likeness (QED) is 0.842. The molecule has 0 saturated heterocycles. The van der Waals surface area contributed by atoms with E-state index >= 15 is 0 Å². The molecule has 0 spiro atoms. The summed E-state index contributed by atoms with van der Waals surface area (Å²) in [6.07, 6.45) is 0. The summed E-state index contributed by atoms with van der Waals surface area (Å²) in [5.41, 5.74) is 6.43. The number of nitrogens with two attached hydrogens (primary N) is 1. The van der Waals surface area contributed by atoms with Gasteiger partial charge in [-0.05, 0) is 30.3 Å². The van der Waals surface area contributed by atoms with Crippen LogP contribution in [0.2, 0.25) is 0 Å². The largest absolute Gasteiger partial charge is 0.497 e. The van der Waals surface area contributed by atoms with Crippen molar-refractivity contribution in [2.24, 2.45) is 0 Å². The van der Waals surface area contributed by atoms with Crippen LogP contribution in [0.5, 0.6) is 5.75 Å². The Kier molecular flexibility index (Phi) is 2.72. The highest BCUT2D eigenvalue weighted by molar-refractivity contribution is 5.63. The van der Waals surface area contributed by atoms with Crippen molar-refractivity contribution < 1.29 is 9.13 Å². The van der Waals surface area contributed by atoms with Gasteiger partial charge in [0.2, 0.25) is 0 Å². The molecule has 0 aliphatic heterocycles. The maximum atomic E-state index is 13.6. The summed E-state index contributed by atoms with van der Waals surface area (Å²) >= 11 is 0. The second-order valence-electron chi connectivity index (χ2n) is 3.29. The number of methoxy groups -OCH3 is 1. The van der Waals surface area contributed by atoms with E-state index in [9.17, 15) is 4.39 Å². The highest BCUT2D eigenvalue weighted by Crippen LogP contribution is 2.25. The van der Waals surface area contributed by atoms with Crippen LogP contribution < -0.4 is 10.5 Å². The van der Waals surface area contributed by atoms with Gasteiger partial charge in [-0.3, -0.25) is 0 Å². The van der Waals surface area contributed by atoms with Crippen LogP contribution in [0.25, 0.3) is 11.3 Å². The lowest BCUT2D eigenvalue weighted by Gasteiger charge is -2.06. The standard InChI is InChI=1S/C12H11FN2O/c1-16-8-5-6-10(13)9(7-8)11-3-2-4-12(14)15-11/h2-7H,1H3,(H2,14,15). The van der Waals surface area contributed by atoms with Gasteiger partial charge in [0.15, 0.2) is 0 Å². The summed E-state index contributed by atoms with van der Waals surface area (Å²) < 4.78 is 18.6. The molecule has 0 fully saturated rings. The van der Waals surface area contributed by atoms with E-state index in [4.69, 9.17) is 10.5 Å². The number of halogens is 1. The number of anilines is 1. The van der Waals surface area contributed by atoms with Crippen LogP contribution in [0, 0.1) is 5.82 Å². The fourth-order valence-electron chi connectivity index (χ4n) is 1.43. The summed E-state index contributed by atoms with van der Waals surface area (Å²) in [7, 11) is 1.53. The number of ether oxygens (including phenoxy) is 1. The minimum atomic E-state index is -0.348. The Morgan fingerprint density at radius 2 is 2.06 bits per heavy atom. The summed E-state index contributed by atoms with van der Waals surface area (Å²) in [5, 5.41) is 0. The Morgan fingerprint density at radius 1 is 1.25 bits per heavy atom. The number of nitrogen functional groups attached to an aromatic ring is 1. The van der Waals surface area contributed by atoms with Gasteiger partial charge in [-0.2, -0.15) is 0 Å². The van der Waals surface area contributed by atoms with Crippen molar-refractivity contribution in [3.05, 3.63) is 42.2 Å². The number of benzene rings is 1. The van der Waals surface area contributed by atoms with Crippen molar-refractivity contribution in [3.63, 3.8) is 0 Å². The van der Waals surface area contributed by atoms with E-state index in [-0.39, 0.29) is 5.82 Å². The summed E-state index contributed by atoms with van der Waals surface area (Å²) in [6, 6.07) is 9.59. The maximum absolute atomic E-state index is 13.6. The maximum Gasteiger partial charge on any atom is 0.132 e. The van der Waals surface area contributed by atoms with Crippen molar-refractivity contribution in [1.29, 1.82) is 0 Å². The van der Waals surface area contributed by atoms with Crippen molar-refractivity contribution in [2.45, 2.75) is 0 Å². The molecule has 2 N–H and O–H groups in total. The van der Waals surface area contributed by atoms with Crippen LogP contribution in [0.4, 0.5) is 10.2 Å². The highest BCUT2D eigenvalue weighted by Gasteiger charge is 2.08. The predicted molar refractivity (Wildman–Crippen MR) is 60.6 cm³/mol. The average Bonchev–Trinajstić information content (AvgIpc) is 2.30. The molecule has 1 aromatic carbocycles. The lowest BCUT2D eigenvalue weighted by atomic mass is 10.1. The van der Waals surface area contributed by atoms with Gasteiger partial charge < -0.3 is 10.5 Å². The van der Waals surface area contributed by atoms with E-state index in [1.165, 1.54) is 13.2 Å². The molecule has 0 aliphatic carbocycles. The second kappa shape index (κ2) is 4.18. The molecule has 4 heteroatoms. The molecule has 16 heavy (non-hydrogen) atoms. The topological polar surface area (TPSA) is 48.1 Å². The Bertz CT molecular complexity index is 514. The molecule has 0 amide bonds. The van der Waals surface area contributed by atoms with Gasteiger partial charge in [-0.25, -0.2) is 9.37 Å². The minimum Gasteiger partial charge on any atom is -0.497 e. The van der Waals surface area contributed by atoms with Crippen LogP contribution in [-0.2, 0) is 0 Å². The first-order chi connectivity index (χ1) is 7.70. The minimum absolute atomic E-state index is 0.348. The van der Waals surface area contributed by atoms with E-state index in [0.717, 1.165) is 0 Å². The van der Waals surface area contributed by atoms with E-state index in [0.29, 0.717) is 22.8 Å². The fraction of sp³-hybridized carbons (Fsp3) is 0.0833. The molecule has 0 radical (unpaired) electrons. The van der Waals surface area contributed by atoms with Gasteiger partial charge in [0.1, 0.15) is 17.4 Å². The Morgan fingerprint density at radius 3 is 2.75 bits per heavy atom. The highest BCUT2D eigenvalue weighted by atomic mass is 19.1. The number of aromatic nitrogens is 1. The molecule has 0 unspecified atom stereocenters. The lowest BCUT2D eigenvalue weighted by Crippen LogP contribution is -1.94. The molecule has 0 bridgehead atoms. The van der Waals surface area contributed by atoms with Crippen LogP contribution >= 0.6 is 0 Å². The molecule has 0 saturated carbocycles. The Balaban J connectivity index is 2.54. The monoisotopic (exact) mass is 218 g/mol. The fourth-order valence-corrected chi connectivity index (χ4v) is 1.43. The van der Waals surface area contributed by atoms with E-state index in [1.807, 2.05) is 0 Å². The number of nitrogens with zero attached hydrogens (tertiary/aromatic N) is 1. The predicted octanol–water partition coefficient (Wildman–Crippen LogP) is 2.48. The zero-order chi connectivity index (χ0) is 11.5. The van der Waals surface area contributed by atoms with E-state index in [1.54, 1.807) is 30.3 Å². The van der Waals surface area contributed by atoms with Gasteiger partial charge in [0.25, 0.3) is 0 Å². The number of hydrogen-bond acceptors (Lipinski definition) is 3. The zero-order valence-electron chi connectivity index (χ0n) is 8.77. The number of rotatable bonds is 2. The van der Waals surface area contributed by atoms with Crippen molar-refractivity contribution >= 4 is 5.82 Å². The third-order valence-electron chi connectivity index (χ3n) is 2.22. The van der Waals surface area contributed by atoms with Crippen molar-refractivity contribution in [2.75, 3.05) is 12.8 Å². The zero-order valence-corrected chi connectivity index (χ0v) is 8.77. The van der Waals surface area contributed by atoms with E-state index < -0.39 is 0 Å². The SMILES string of the molecule is COc1ccc(F)c(-c2cccc(N)n2)c1. The third-order valence-corrected chi connectivity index (χ3v) is 2.22. The number of pyridine rings is 1. The molecule has 2 rings (SSSR count). The van der Waals surface area contributed by atoms with Crippen molar-refractivity contribution in [1.82, 2.24) is 4.98 Å². The summed E-state index contributed by atoms with van der Waals surface area (Å²) in [5.74, 6) is 0.597. The Labute approximate surface area is 92.7 Å². The second-order valence-corrected chi connectivity index (χ2v) is 3.29. The molecule has 3 nitrogen and oxygen atoms in total. The van der Waals surface area contributed by atoms with Crippen LogP contribution in [0.3, 0.4) is 0 Å². The molecular weight excluding hydrogens is 207 g/mol. The van der Waals surface area contributed by atoms with E-state index in [2.05, 4.69) is 4.98 Å². The molecule has 0 atom stereocenters. The smallest absolute Gasteiger partial charge is 0.132 e. The van der Waals surface area contributed by atoms with Gasteiger partial charge in [-0.15, -0.1) is 0 Å². The van der Waals surface area contributed by atoms with Gasteiger partial charge in [0, 0.05) is 5.56 Å². The van der Waals surface area contributed by atoms with Gasteiger partial charge in [0.05, 0.1) is 12.8 Å². The summed E-state index contributed by atoms with van der Waals surface area (Å²) in [4.78, 5) is 4.06. The first kappa shape index (κ1) is 10.4. The van der Waals surface area contributed by atoms with Crippen LogP contribution in [0.15, 0.2) is 36.4 Å². The molecule has 82 valence electrons. The third kappa shape index (κ3) is 1.95. The van der Waals surface area contributed by atoms with Gasteiger partial charge in [-0.1, -0.05) is 6.07 Å². The molecule has 1 aromatic heterocycles. The van der Waals surface area contributed by atoms with Crippen LogP contribution in [-0.4, -0.2) is 12.1 Å².